The molecule has 152 valence electrons. The zero-order valence-corrected chi connectivity index (χ0v) is 18.1. The second-order valence-electron chi connectivity index (χ2n) is 4.94. The number of alkyl halides is 3. The van der Waals surface area contributed by atoms with Crippen LogP contribution < -0.4 is 0 Å². The van der Waals surface area contributed by atoms with Crippen molar-refractivity contribution in [3.63, 3.8) is 0 Å². The van der Waals surface area contributed by atoms with Gasteiger partial charge in [0.15, 0.2) is 0 Å². The van der Waals surface area contributed by atoms with Gasteiger partial charge < -0.3 is 14.6 Å². The molecule has 1 rings (SSSR count). The molecule has 1 aromatic rings. The van der Waals surface area contributed by atoms with Gasteiger partial charge in [0.05, 0.1) is 9.99 Å². The van der Waals surface area contributed by atoms with Crippen LogP contribution in [0.4, 0.5) is 13.2 Å². The Morgan fingerprint density at radius 3 is 2.33 bits per heavy atom. The molecule has 14 heteroatoms. The monoisotopic (exact) mass is 638 g/mol. The summed E-state index contributed by atoms with van der Waals surface area (Å²) in [7, 11) is -5.05. The van der Waals surface area contributed by atoms with E-state index in [0.717, 1.165) is 0 Å². The number of phenolic OH excluding ortho intramolecular Hbond substituents is 1. The lowest BCUT2D eigenvalue weighted by Crippen LogP contribution is -2.39. The first-order valence-electron chi connectivity index (χ1n) is 6.77. The molecule has 1 aromatic carbocycles. The number of esters is 2. The summed E-state index contributed by atoms with van der Waals surface area (Å²) < 4.78 is 77.2. The van der Waals surface area contributed by atoms with Crippen LogP contribution in [0.5, 0.6) is 5.75 Å². The van der Waals surface area contributed by atoms with Crippen molar-refractivity contribution >= 4 is 67.2 Å². The molecule has 0 aliphatic carbocycles. The molecule has 0 saturated heterocycles. The molecule has 1 atom stereocenters. The molecule has 0 aliphatic heterocycles. The lowest BCUT2D eigenvalue weighted by atomic mass is 10.2. The Bertz CT molecular complexity index is 826. The normalized spacial score (nSPS) is 13.1. The SMILES string of the molecule is O=C(CCOC(=O)c1cc(I)cc(I)c1O)OC(CS(=O)(=O)O)C(F)(F)F. The highest BCUT2D eigenvalue weighted by Crippen LogP contribution is 2.28. The van der Waals surface area contributed by atoms with Crippen LogP contribution in [0, 0.1) is 7.14 Å². The Hall–Kier alpha value is -0.880. The smallest absolute Gasteiger partial charge is 0.426 e. The van der Waals surface area contributed by atoms with Crippen LogP contribution in [0.15, 0.2) is 12.1 Å². The Labute approximate surface area is 178 Å². The van der Waals surface area contributed by atoms with E-state index in [0.29, 0.717) is 7.14 Å². The topological polar surface area (TPSA) is 127 Å². The fourth-order valence-corrected chi connectivity index (χ4v) is 4.11. The van der Waals surface area contributed by atoms with E-state index in [1.54, 1.807) is 28.7 Å². The zero-order valence-electron chi connectivity index (χ0n) is 13.0. The fourth-order valence-electron chi connectivity index (χ4n) is 1.63. The zero-order chi connectivity index (χ0) is 21.0. The van der Waals surface area contributed by atoms with E-state index in [4.69, 9.17) is 9.29 Å². The third-order valence-electron chi connectivity index (χ3n) is 2.79. The molecule has 27 heavy (non-hydrogen) atoms. The van der Waals surface area contributed by atoms with Crippen molar-refractivity contribution in [1.29, 1.82) is 0 Å². The minimum Gasteiger partial charge on any atom is -0.506 e. The highest BCUT2D eigenvalue weighted by atomic mass is 127. The summed E-state index contributed by atoms with van der Waals surface area (Å²) in [6.45, 7) is -0.671. The summed E-state index contributed by atoms with van der Waals surface area (Å²) in [4.78, 5) is 23.3. The maximum Gasteiger partial charge on any atom is 0.426 e. The summed E-state index contributed by atoms with van der Waals surface area (Å²) in [6.07, 6.45) is -9.08. The minimum atomic E-state index is -5.22. The molecule has 0 radical (unpaired) electrons. The molecular formula is C13H11F3I2O8S. The molecular weight excluding hydrogens is 627 g/mol. The highest BCUT2D eigenvalue weighted by molar-refractivity contribution is 14.1. The molecule has 0 bridgehead atoms. The molecule has 0 amide bonds. The lowest BCUT2D eigenvalue weighted by Gasteiger charge is -2.19. The molecule has 0 fully saturated rings. The molecule has 1 unspecified atom stereocenters. The molecule has 8 nitrogen and oxygen atoms in total. The second-order valence-corrected chi connectivity index (χ2v) is 8.84. The summed E-state index contributed by atoms with van der Waals surface area (Å²) in [5.41, 5.74) is -0.195. The van der Waals surface area contributed by atoms with Crippen LogP contribution in [0.25, 0.3) is 0 Å². The first-order valence-corrected chi connectivity index (χ1v) is 10.5. The average Bonchev–Trinajstić information content (AvgIpc) is 2.47. The number of benzene rings is 1. The van der Waals surface area contributed by atoms with E-state index in [2.05, 4.69) is 4.74 Å². The van der Waals surface area contributed by atoms with Gasteiger partial charge in [0.25, 0.3) is 10.1 Å². The van der Waals surface area contributed by atoms with Gasteiger partial charge in [0.2, 0.25) is 6.10 Å². The van der Waals surface area contributed by atoms with Crippen molar-refractivity contribution in [3.05, 3.63) is 24.8 Å². The first kappa shape index (κ1) is 24.2. The second kappa shape index (κ2) is 9.55. The largest absolute Gasteiger partial charge is 0.506 e. The molecule has 0 heterocycles. The number of halogens is 5. The highest BCUT2D eigenvalue weighted by Gasteiger charge is 2.45. The van der Waals surface area contributed by atoms with E-state index in [-0.39, 0.29) is 11.3 Å². The third kappa shape index (κ3) is 8.34. The number of ether oxygens (including phenoxy) is 2. The van der Waals surface area contributed by atoms with Gasteiger partial charge in [0, 0.05) is 3.57 Å². The lowest BCUT2D eigenvalue weighted by molar-refractivity contribution is -0.215. The van der Waals surface area contributed by atoms with Crippen molar-refractivity contribution in [3.8, 4) is 5.75 Å². The Balaban J connectivity index is 2.65. The maximum atomic E-state index is 12.6. The Morgan fingerprint density at radius 1 is 1.22 bits per heavy atom. The number of carbonyl (C=O) groups excluding carboxylic acids is 2. The summed E-state index contributed by atoms with van der Waals surface area (Å²) in [5.74, 6) is -4.71. The third-order valence-corrected chi connectivity index (χ3v) is 4.96. The van der Waals surface area contributed by atoms with E-state index in [9.17, 15) is 36.3 Å². The van der Waals surface area contributed by atoms with Crippen LogP contribution >= 0.6 is 45.2 Å². The number of carbonyl (C=O) groups is 2. The molecule has 0 spiro atoms. The predicted molar refractivity (Wildman–Crippen MR) is 101 cm³/mol. The van der Waals surface area contributed by atoms with Gasteiger partial charge in [-0.1, -0.05) is 0 Å². The minimum absolute atomic E-state index is 0.195. The van der Waals surface area contributed by atoms with Gasteiger partial charge in [0.1, 0.15) is 23.7 Å². The number of rotatable bonds is 7. The van der Waals surface area contributed by atoms with Crippen molar-refractivity contribution in [2.75, 3.05) is 12.4 Å². The molecule has 2 N–H and O–H groups in total. The number of phenols is 1. The van der Waals surface area contributed by atoms with Crippen LogP contribution in [-0.4, -0.2) is 54.7 Å². The van der Waals surface area contributed by atoms with E-state index in [1.807, 2.05) is 22.6 Å². The van der Waals surface area contributed by atoms with Gasteiger partial charge >= 0.3 is 18.1 Å². The first-order chi connectivity index (χ1) is 12.2. The van der Waals surface area contributed by atoms with Crippen molar-refractivity contribution in [2.45, 2.75) is 18.7 Å². The van der Waals surface area contributed by atoms with E-state index >= 15 is 0 Å². The summed E-state index contributed by atoms with van der Waals surface area (Å²) in [5, 5.41) is 9.81. The Morgan fingerprint density at radius 2 is 1.81 bits per heavy atom. The van der Waals surface area contributed by atoms with Crippen molar-refractivity contribution in [2.24, 2.45) is 0 Å². The fraction of sp³-hybridized carbons (Fsp3) is 0.385. The number of aromatic hydroxyl groups is 1. The van der Waals surface area contributed by atoms with Crippen molar-refractivity contribution in [1.82, 2.24) is 0 Å². The van der Waals surface area contributed by atoms with Crippen molar-refractivity contribution < 1.29 is 50.3 Å². The predicted octanol–water partition coefficient (Wildman–Crippen LogP) is 2.51. The van der Waals surface area contributed by atoms with Gasteiger partial charge in [-0.2, -0.15) is 21.6 Å². The van der Waals surface area contributed by atoms with Gasteiger partial charge in [-0.25, -0.2) is 4.79 Å². The molecule has 0 aliphatic rings. The van der Waals surface area contributed by atoms with Crippen LogP contribution in [0.3, 0.4) is 0 Å². The molecule has 0 saturated carbocycles. The van der Waals surface area contributed by atoms with Crippen LogP contribution in [0.2, 0.25) is 0 Å². The van der Waals surface area contributed by atoms with Gasteiger partial charge in [-0.05, 0) is 57.3 Å². The average molecular weight is 638 g/mol. The summed E-state index contributed by atoms with van der Waals surface area (Å²) in [6, 6.07) is 2.89. The van der Waals surface area contributed by atoms with E-state index in [1.165, 1.54) is 6.07 Å². The van der Waals surface area contributed by atoms with Crippen LogP contribution in [-0.2, 0) is 24.4 Å². The number of hydrogen-bond acceptors (Lipinski definition) is 7. The maximum absolute atomic E-state index is 12.6. The van der Waals surface area contributed by atoms with Gasteiger partial charge in [-0.3, -0.25) is 9.35 Å². The number of hydrogen-bond donors (Lipinski definition) is 2. The quantitative estimate of drug-likeness (QED) is 0.265. The van der Waals surface area contributed by atoms with Crippen LogP contribution in [0.1, 0.15) is 16.8 Å². The Kier molecular flexibility index (Phi) is 8.54. The van der Waals surface area contributed by atoms with Gasteiger partial charge in [-0.15, -0.1) is 0 Å². The summed E-state index contributed by atoms with van der Waals surface area (Å²) >= 11 is 3.66. The standard InChI is InChI=1S/C13H11F3I2O8S/c14-13(15,16)9(5-27(22,23)24)26-10(19)1-2-25-12(21)7-3-6(17)4-8(18)11(7)20/h3-4,9,20H,1-2,5H2,(H,22,23,24). The van der Waals surface area contributed by atoms with E-state index < -0.39 is 53.1 Å². The molecule has 0 aromatic heterocycles.